The van der Waals surface area contributed by atoms with Crippen LogP contribution in [0.2, 0.25) is 5.02 Å². The molecule has 0 heterocycles. The van der Waals surface area contributed by atoms with Crippen LogP contribution in [0.4, 0.5) is 17.6 Å². The summed E-state index contributed by atoms with van der Waals surface area (Å²) >= 11 is 8.95. The Morgan fingerprint density at radius 2 is 1.69 bits per heavy atom. The van der Waals surface area contributed by atoms with E-state index in [-0.39, 0.29) is 39.6 Å². The molecular formula is C21H15BrClF4NO3S. The highest BCUT2D eigenvalue weighted by molar-refractivity contribution is 9.10. The Bertz CT molecular complexity index is 1200. The fraction of sp³-hybridized carbons (Fsp3) is 0.143. The van der Waals surface area contributed by atoms with E-state index < -0.39 is 26.1 Å². The molecule has 4 nitrogen and oxygen atoms in total. The zero-order valence-electron chi connectivity index (χ0n) is 16.1. The third kappa shape index (κ3) is 5.61. The van der Waals surface area contributed by atoms with Gasteiger partial charge in [-0.25, -0.2) is 12.8 Å². The van der Waals surface area contributed by atoms with Crippen LogP contribution in [0.1, 0.15) is 11.1 Å². The van der Waals surface area contributed by atoms with Gasteiger partial charge >= 0.3 is 5.51 Å². The zero-order valence-corrected chi connectivity index (χ0v) is 19.2. The number of sulfone groups is 1. The summed E-state index contributed by atoms with van der Waals surface area (Å²) in [6.45, 7) is 0.0601. The van der Waals surface area contributed by atoms with Crippen molar-refractivity contribution in [2.75, 3.05) is 0 Å². The second-order valence-electron chi connectivity index (χ2n) is 6.60. The van der Waals surface area contributed by atoms with Crippen molar-refractivity contribution in [3.63, 3.8) is 0 Å². The van der Waals surface area contributed by atoms with Gasteiger partial charge in [-0.2, -0.15) is 13.2 Å². The molecule has 0 aromatic heterocycles. The molecule has 0 saturated carbocycles. The average Bonchev–Trinajstić information content (AvgIpc) is 2.69. The van der Waals surface area contributed by atoms with Crippen LogP contribution in [0.15, 0.2) is 70.0 Å². The Morgan fingerprint density at radius 1 is 1.00 bits per heavy atom. The quantitative estimate of drug-likeness (QED) is 0.335. The van der Waals surface area contributed by atoms with Crippen molar-refractivity contribution in [2.45, 2.75) is 23.5 Å². The lowest BCUT2D eigenvalue weighted by atomic mass is 10.2. The first-order valence-corrected chi connectivity index (χ1v) is 11.7. The molecule has 1 N–H and O–H groups in total. The normalized spacial score (nSPS) is 12.1. The van der Waals surface area contributed by atoms with Gasteiger partial charge in [0.1, 0.15) is 17.3 Å². The lowest BCUT2D eigenvalue weighted by molar-refractivity contribution is -0.0436. The summed E-state index contributed by atoms with van der Waals surface area (Å²) in [5, 5.41) is 2.99. The van der Waals surface area contributed by atoms with Crippen LogP contribution in [0.5, 0.6) is 11.5 Å². The van der Waals surface area contributed by atoms with E-state index >= 15 is 0 Å². The molecule has 0 fully saturated rings. The van der Waals surface area contributed by atoms with E-state index in [0.29, 0.717) is 0 Å². The van der Waals surface area contributed by atoms with Crippen LogP contribution in [-0.4, -0.2) is 13.9 Å². The predicted octanol–water partition coefficient (Wildman–Crippen LogP) is 6.62. The lowest BCUT2D eigenvalue weighted by Crippen LogP contribution is -2.26. The summed E-state index contributed by atoms with van der Waals surface area (Å²) in [5.41, 5.74) is -4.82. The van der Waals surface area contributed by atoms with E-state index in [1.165, 1.54) is 6.07 Å². The maximum absolute atomic E-state index is 13.6. The predicted molar refractivity (Wildman–Crippen MR) is 116 cm³/mol. The van der Waals surface area contributed by atoms with E-state index in [2.05, 4.69) is 21.2 Å². The fourth-order valence-electron chi connectivity index (χ4n) is 2.84. The van der Waals surface area contributed by atoms with Crippen LogP contribution < -0.4 is 10.1 Å². The van der Waals surface area contributed by atoms with Gasteiger partial charge in [0, 0.05) is 29.7 Å². The van der Waals surface area contributed by atoms with Crippen molar-refractivity contribution in [3.8, 4) is 11.5 Å². The van der Waals surface area contributed by atoms with Crippen LogP contribution in [0.25, 0.3) is 0 Å². The summed E-state index contributed by atoms with van der Waals surface area (Å²) in [6.07, 6.45) is 0. The molecule has 0 atom stereocenters. The summed E-state index contributed by atoms with van der Waals surface area (Å²) in [4.78, 5) is -0.915. The highest BCUT2D eigenvalue weighted by Crippen LogP contribution is 2.40. The molecule has 0 unspecified atom stereocenters. The van der Waals surface area contributed by atoms with Gasteiger partial charge in [0.25, 0.3) is 9.84 Å². The van der Waals surface area contributed by atoms with Gasteiger partial charge in [0.2, 0.25) is 0 Å². The highest BCUT2D eigenvalue weighted by Gasteiger charge is 2.48. The first kappa shape index (κ1) is 24.5. The highest BCUT2D eigenvalue weighted by atomic mass is 79.9. The molecule has 32 heavy (non-hydrogen) atoms. The molecule has 170 valence electrons. The number of hydrogen-bond acceptors (Lipinski definition) is 4. The number of hydrogen-bond donors (Lipinski definition) is 1. The van der Waals surface area contributed by atoms with E-state index in [1.54, 1.807) is 12.1 Å². The number of benzene rings is 3. The van der Waals surface area contributed by atoms with Crippen LogP contribution in [-0.2, 0) is 22.9 Å². The Kier molecular flexibility index (Phi) is 7.49. The van der Waals surface area contributed by atoms with Gasteiger partial charge in [0.15, 0.2) is 0 Å². The molecule has 0 aliphatic carbocycles. The molecule has 0 spiro atoms. The first-order valence-electron chi connectivity index (χ1n) is 9.00. The van der Waals surface area contributed by atoms with Gasteiger partial charge in [0.05, 0.1) is 9.37 Å². The molecule has 3 aromatic carbocycles. The molecule has 0 aliphatic heterocycles. The lowest BCUT2D eigenvalue weighted by Gasteiger charge is -2.18. The van der Waals surface area contributed by atoms with Crippen molar-refractivity contribution >= 4 is 37.4 Å². The smallest absolute Gasteiger partial charge is 0.456 e. The van der Waals surface area contributed by atoms with Crippen LogP contribution in [0, 0.1) is 5.82 Å². The molecule has 0 bridgehead atoms. The van der Waals surface area contributed by atoms with E-state index in [4.69, 9.17) is 16.3 Å². The maximum atomic E-state index is 13.6. The van der Waals surface area contributed by atoms with Gasteiger partial charge in [-0.1, -0.05) is 41.9 Å². The largest absolute Gasteiger partial charge is 0.501 e. The number of halogens is 6. The average molecular weight is 553 g/mol. The number of ether oxygens (including phenoxy) is 1. The van der Waals surface area contributed by atoms with Crippen molar-refractivity contribution in [3.05, 3.63) is 87.1 Å². The minimum atomic E-state index is -5.63. The fourth-order valence-corrected chi connectivity index (χ4v) is 4.75. The maximum Gasteiger partial charge on any atom is 0.501 e. The number of alkyl halides is 3. The van der Waals surface area contributed by atoms with Crippen molar-refractivity contribution in [2.24, 2.45) is 0 Å². The van der Waals surface area contributed by atoms with Gasteiger partial charge in [-0.15, -0.1) is 0 Å². The van der Waals surface area contributed by atoms with Gasteiger partial charge in [-0.05, 0) is 45.8 Å². The Balaban J connectivity index is 1.99. The number of nitrogens with one attached hydrogen (secondary N) is 1. The van der Waals surface area contributed by atoms with E-state index in [0.717, 1.165) is 29.8 Å². The van der Waals surface area contributed by atoms with Crippen LogP contribution in [0.3, 0.4) is 0 Å². The van der Waals surface area contributed by atoms with E-state index in [1.807, 2.05) is 18.2 Å². The second kappa shape index (κ2) is 9.78. The second-order valence-corrected chi connectivity index (χ2v) is 9.74. The summed E-state index contributed by atoms with van der Waals surface area (Å²) < 4.78 is 83.1. The Morgan fingerprint density at radius 3 is 2.31 bits per heavy atom. The third-order valence-corrected chi connectivity index (χ3v) is 6.96. The molecule has 11 heteroatoms. The minimum Gasteiger partial charge on any atom is -0.456 e. The zero-order chi connectivity index (χ0) is 23.5. The monoisotopic (exact) mass is 551 g/mol. The van der Waals surface area contributed by atoms with E-state index in [9.17, 15) is 26.0 Å². The number of rotatable bonds is 7. The Hall–Kier alpha value is -2.14. The molecular weight excluding hydrogens is 538 g/mol. The molecule has 3 rings (SSSR count). The van der Waals surface area contributed by atoms with Crippen molar-refractivity contribution in [1.82, 2.24) is 5.32 Å². The SMILES string of the molecule is O=S(=O)(c1ccc(Oc2cc(F)cc(Cl)c2)c(Br)c1CNCc1ccccc1)C(F)(F)F. The topological polar surface area (TPSA) is 55.4 Å². The van der Waals surface area contributed by atoms with Crippen LogP contribution >= 0.6 is 27.5 Å². The molecule has 0 amide bonds. The molecule has 0 aliphatic rings. The van der Waals surface area contributed by atoms with Gasteiger partial charge in [-0.3, -0.25) is 0 Å². The minimum absolute atomic E-state index is 0.00896. The molecule has 0 saturated heterocycles. The van der Waals surface area contributed by atoms with Crippen molar-refractivity contribution in [1.29, 1.82) is 0 Å². The standard InChI is InChI=1S/C21H15BrClF4NO3S/c22-20-17(12-28-11-13-4-2-1-3-5-13)19(32(29,30)21(25,26)27)7-6-18(20)31-16-9-14(23)8-15(24)10-16/h1-10,28H,11-12H2. The van der Waals surface area contributed by atoms with Crippen molar-refractivity contribution < 1.29 is 30.7 Å². The Labute approximate surface area is 195 Å². The molecule has 3 aromatic rings. The summed E-state index contributed by atoms with van der Waals surface area (Å²) in [6, 6.07) is 14.3. The third-order valence-electron chi connectivity index (χ3n) is 4.30. The first-order chi connectivity index (χ1) is 15.0. The summed E-state index contributed by atoms with van der Waals surface area (Å²) in [7, 11) is -5.63. The van der Waals surface area contributed by atoms with Gasteiger partial charge < -0.3 is 10.1 Å². The molecule has 0 radical (unpaired) electrons. The summed E-state index contributed by atoms with van der Waals surface area (Å²) in [5.74, 6) is -0.695.